The van der Waals surface area contributed by atoms with E-state index < -0.39 is 0 Å². The van der Waals surface area contributed by atoms with Crippen molar-refractivity contribution in [1.82, 2.24) is 0 Å². The van der Waals surface area contributed by atoms with Crippen molar-refractivity contribution >= 4 is 5.97 Å². The van der Waals surface area contributed by atoms with Gasteiger partial charge >= 0.3 is 5.97 Å². The van der Waals surface area contributed by atoms with Gasteiger partial charge in [-0.3, -0.25) is 0 Å². The molecule has 0 heterocycles. The van der Waals surface area contributed by atoms with Crippen molar-refractivity contribution < 1.29 is 14.3 Å². The molecule has 0 bridgehead atoms. The number of esters is 1. The third-order valence-electron chi connectivity index (χ3n) is 3.08. The number of carbonyl (C=O) groups is 1. The minimum Gasteiger partial charge on any atom is -0.460 e. The number of hydrogen-bond acceptors (Lipinski definition) is 3. The highest BCUT2D eigenvalue weighted by atomic mass is 16.6. The lowest BCUT2D eigenvalue weighted by molar-refractivity contribution is 0.0312. The summed E-state index contributed by atoms with van der Waals surface area (Å²) in [7, 11) is 0. The number of carbonyl (C=O) groups excluding carboxylic acids is 1. The largest absolute Gasteiger partial charge is 0.460 e. The SMILES string of the molecule is CCCCCOCCOC(=O)c1ccc(CCC)cc1. The number of rotatable bonds is 10. The molecule has 1 aromatic carbocycles. The monoisotopic (exact) mass is 278 g/mol. The molecule has 1 rings (SSSR count). The Kier molecular flexibility index (Phi) is 8.72. The number of benzene rings is 1. The minimum absolute atomic E-state index is 0.273. The first-order chi connectivity index (χ1) is 9.77. The van der Waals surface area contributed by atoms with Gasteiger partial charge in [0.15, 0.2) is 0 Å². The van der Waals surface area contributed by atoms with Crippen LogP contribution in [0.1, 0.15) is 55.5 Å². The van der Waals surface area contributed by atoms with Gasteiger partial charge in [0.1, 0.15) is 6.61 Å². The molecule has 0 aromatic heterocycles. The average Bonchev–Trinajstić information content (AvgIpc) is 2.47. The van der Waals surface area contributed by atoms with Gasteiger partial charge in [-0.15, -0.1) is 0 Å². The zero-order valence-electron chi connectivity index (χ0n) is 12.7. The highest BCUT2D eigenvalue weighted by Crippen LogP contribution is 2.08. The van der Waals surface area contributed by atoms with E-state index in [2.05, 4.69) is 13.8 Å². The van der Waals surface area contributed by atoms with Crippen LogP contribution in [0.3, 0.4) is 0 Å². The summed E-state index contributed by atoms with van der Waals surface area (Å²) in [5, 5.41) is 0. The van der Waals surface area contributed by atoms with Gasteiger partial charge in [0, 0.05) is 6.61 Å². The summed E-state index contributed by atoms with van der Waals surface area (Å²) >= 11 is 0. The Morgan fingerprint density at radius 3 is 2.35 bits per heavy atom. The second kappa shape index (κ2) is 10.4. The molecule has 0 saturated heterocycles. The molecule has 0 aliphatic rings. The number of hydrogen-bond donors (Lipinski definition) is 0. The summed E-state index contributed by atoms with van der Waals surface area (Å²) in [5.74, 6) is -0.273. The lowest BCUT2D eigenvalue weighted by atomic mass is 10.1. The van der Waals surface area contributed by atoms with Crippen molar-refractivity contribution in [3.63, 3.8) is 0 Å². The van der Waals surface area contributed by atoms with E-state index >= 15 is 0 Å². The van der Waals surface area contributed by atoms with Crippen molar-refractivity contribution in [3.05, 3.63) is 35.4 Å². The molecular formula is C17H26O3. The van der Waals surface area contributed by atoms with E-state index in [4.69, 9.17) is 9.47 Å². The van der Waals surface area contributed by atoms with Crippen LogP contribution in [0.25, 0.3) is 0 Å². The first-order valence-electron chi connectivity index (χ1n) is 7.61. The average molecular weight is 278 g/mol. The molecular weight excluding hydrogens is 252 g/mol. The maximum absolute atomic E-state index is 11.8. The van der Waals surface area contributed by atoms with Crippen LogP contribution < -0.4 is 0 Å². The van der Waals surface area contributed by atoms with Crippen LogP contribution >= 0.6 is 0 Å². The fourth-order valence-electron chi connectivity index (χ4n) is 1.93. The summed E-state index contributed by atoms with van der Waals surface area (Å²) in [6, 6.07) is 7.63. The van der Waals surface area contributed by atoms with Crippen LogP contribution in [0.15, 0.2) is 24.3 Å². The molecule has 0 aliphatic heterocycles. The number of aryl methyl sites for hydroxylation is 1. The molecule has 3 heteroatoms. The molecule has 3 nitrogen and oxygen atoms in total. The normalized spacial score (nSPS) is 10.5. The molecule has 0 fully saturated rings. The molecule has 1 aromatic rings. The quantitative estimate of drug-likeness (QED) is 0.479. The summed E-state index contributed by atoms with van der Waals surface area (Å²) in [5.41, 5.74) is 1.86. The highest BCUT2D eigenvalue weighted by molar-refractivity contribution is 5.89. The second-order valence-corrected chi connectivity index (χ2v) is 4.90. The zero-order valence-corrected chi connectivity index (χ0v) is 12.7. The number of ether oxygens (including phenoxy) is 2. The van der Waals surface area contributed by atoms with Gasteiger partial charge in [-0.2, -0.15) is 0 Å². The maximum Gasteiger partial charge on any atom is 0.338 e. The van der Waals surface area contributed by atoms with E-state index in [1.807, 2.05) is 24.3 Å². The third-order valence-corrected chi connectivity index (χ3v) is 3.08. The van der Waals surface area contributed by atoms with Crippen LogP contribution in [-0.2, 0) is 15.9 Å². The second-order valence-electron chi connectivity index (χ2n) is 4.90. The van der Waals surface area contributed by atoms with E-state index in [0.29, 0.717) is 18.8 Å². The lowest BCUT2D eigenvalue weighted by Gasteiger charge is -2.06. The topological polar surface area (TPSA) is 35.5 Å². The zero-order chi connectivity index (χ0) is 14.6. The predicted octanol–water partition coefficient (Wildman–Crippen LogP) is 4.00. The first-order valence-corrected chi connectivity index (χ1v) is 7.61. The Balaban J connectivity index is 2.18. The highest BCUT2D eigenvalue weighted by Gasteiger charge is 2.06. The Hall–Kier alpha value is -1.35. The van der Waals surface area contributed by atoms with Crippen molar-refractivity contribution in [2.75, 3.05) is 19.8 Å². The molecule has 0 N–H and O–H groups in total. The van der Waals surface area contributed by atoms with Gasteiger partial charge in [-0.05, 0) is 30.5 Å². The minimum atomic E-state index is -0.273. The molecule has 0 atom stereocenters. The van der Waals surface area contributed by atoms with Crippen LogP contribution in [0.4, 0.5) is 0 Å². The fourth-order valence-corrected chi connectivity index (χ4v) is 1.93. The Bertz CT molecular complexity index is 370. The van der Waals surface area contributed by atoms with Gasteiger partial charge in [-0.1, -0.05) is 45.2 Å². The summed E-state index contributed by atoms with van der Waals surface area (Å²) in [4.78, 5) is 11.8. The van der Waals surface area contributed by atoms with E-state index in [1.165, 1.54) is 18.4 Å². The Labute approximate surface area is 122 Å². The summed E-state index contributed by atoms with van der Waals surface area (Å²) in [6.07, 6.45) is 5.60. The van der Waals surface area contributed by atoms with E-state index in [9.17, 15) is 4.79 Å². The smallest absolute Gasteiger partial charge is 0.338 e. The lowest BCUT2D eigenvalue weighted by Crippen LogP contribution is -2.11. The molecule has 0 unspecified atom stereocenters. The molecule has 0 amide bonds. The molecule has 0 spiro atoms. The molecule has 0 aliphatic carbocycles. The van der Waals surface area contributed by atoms with E-state index in [-0.39, 0.29) is 5.97 Å². The molecule has 0 radical (unpaired) electrons. The van der Waals surface area contributed by atoms with Crippen molar-refractivity contribution in [3.8, 4) is 0 Å². The van der Waals surface area contributed by atoms with Crippen LogP contribution in [0.5, 0.6) is 0 Å². The molecule has 112 valence electrons. The van der Waals surface area contributed by atoms with Crippen molar-refractivity contribution in [2.45, 2.75) is 46.0 Å². The van der Waals surface area contributed by atoms with E-state index in [1.54, 1.807) is 0 Å². The first kappa shape index (κ1) is 16.7. The maximum atomic E-state index is 11.8. The van der Waals surface area contributed by atoms with Gasteiger partial charge < -0.3 is 9.47 Å². The summed E-state index contributed by atoms with van der Waals surface area (Å²) < 4.78 is 10.6. The third kappa shape index (κ3) is 6.71. The van der Waals surface area contributed by atoms with Crippen LogP contribution in [0.2, 0.25) is 0 Å². The van der Waals surface area contributed by atoms with Gasteiger partial charge in [0.25, 0.3) is 0 Å². The van der Waals surface area contributed by atoms with E-state index in [0.717, 1.165) is 25.9 Å². The van der Waals surface area contributed by atoms with Crippen LogP contribution in [0, 0.1) is 0 Å². The van der Waals surface area contributed by atoms with Gasteiger partial charge in [-0.25, -0.2) is 4.79 Å². The van der Waals surface area contributed by atoms with Crippen molar-refractivity contribution in [2.24, 2.45) is 0 Å². The fraction of sp³-hybridized carbons (Fsp3) is 0.588. The Morgan fingerprint density at radius 1 is 0.950 bits per heavy atom. The van der Waals surface area contributed by atoms with Gasteiger partial charge in [0.05, 0.1) is 12.2 Å². The number of unbranched alkanes of at least 4 members (excludes halogenated alkanes) is 2. The van der Waals surface area contributed by atoms with Crippen molar-refractivity contribution in [1.29, 1.82) is 0 Å². The predicted molar refractivity (Wildman–Crippen MR) is 81.1 cm³/mol. The molecule has 0 saturated carbocycles. The van der Waals surface area contributed by atoms with Crippen LogP contribution in [-0.4, -0.2) is 25.8 Å². The Morgan fingerprint density at radius 2 is 1.70 bits per heavy atom. The standard InChI is InChI=1S/C17H26O3/c1-3-5-6-12-19-13-14-20-17(18)16-10-8-15(7-4-2)9-11-16/h8-11H,3-7,12-14H2,1-2H3. The van der Waals surface area contributed by atoms with Gasteiger partial charge in [0.2, 0.25) is 0 Å². The summed E-state index contributed by atoms with van der Waals surface area (Å²) in [6.45, 7) is 5.85. The molecule has 20 heavy (non-hydrogen) atoms.